The molecule has 3 aromatic heterocycles. The summed E-state index contributed by atoms with van der Waals surface area (Å²) in [6.45, 7) is 0.566. The lowest BCUT2D eigenvalue weighted by Crippen LogP contribution is -2.15. The number of aromatic nitrogens is 4. The number of carbonyl (C=O) groups is 1. The van der Waals surface area contributed by atoms with Crippen molar-refractivity contribution in [3.05, 3.63) is 44.8 Å². The third-order valence-corrected chi connectivity index (χ3v) is 5.09. The number of hydrogen-bond acceptors (Lipinski definition) is 6. The van der Waals surface area contributed by atoms with Crippen molar-refractivity contribution in [2.75, 3.05) is 0 Å². The molecule has 0 saturated heterocycles. The number of rotatable bonds is 2. The minimum atomic E-state index is -1.20. The third-order valence-electron chi connectivity index (χ3n) is 3.90. The van der Waals surface area contributed by atoms with Gasteiger partial charge in [-0.15, -0.1) is 11.3 Å². The largest absolute Gasteiger partial charge is 0.475 e. The molecule has 3 heterocycles. The molecule has 4 rings (SSSR count). The number of nitrogens with two attached hydrogens (primary N) is 1. The fraction of sp³-hybridized carbons (Fsp3) is 0.333. The quantitative estimate of drug-likeness (QED) is 0.636. The average Bonchev–Trinajstić information content (AvgIpc) is 3.22. The minimum Gasteiger partial charge on any atom is -0.475 e. The zero-order chi connectivity index (χ0) is 17.3. The number of aryl methyl sites for hydroxylation is 3. The molecule has 9 heteroatoms. The molecule has 0 unspecified atom stereocenters. The van der Waals surface area contributed by atoms with Crippen LogP contribution in [-0.4, -0.2) is 30.6 Å². The van der Waals surface area contributed by atoms with E-state index in [4.69, 9.17) is 10.8 Å². The smallest absolute Gasteiger partial charge is 0.372 e. The normalized spacial score (nSPS) is 12.8. The predicted octanol–water partition coefficient (Wildman–Crippen LogP) is 1.05. The van der Waals surface area contributed by atoms with Gasteiger partial charge in [-0.25, -0.2) is 14.8 Å². The maximum atomic E-state index is 11.8. The number of fused-ring (bicyclic) bond motifs is 3. The predicted molar refractivity (Wildman–Crippen MR) is 90.3 cm³/mol. The second-order valence-corrected chi connectivity index (χ2v) is 6.54. The Kier molecular flexibility index (Phi) is 4.45. The van der Waals surface area contributed by atoms with Gasteiger partial charge in [0.1, 0.15) is 4.83 Å². The SMILES string of the molecule is Cn1cncc1CN.O=C(O)c1nc2sc3c(c2c(=O)[nH]1)CCC3. The van der Waals surface area contributed by atoms with Gasteiger partial charge in [0.25, 0.3) is 5.56 Å². The van der Waals surface area contributed by atoms with E-state index >= 15 is 0 Å². The van der Waals surface area contributed by atoms with Crippen molar-refractivity contribution < 1.29 is 9.90 Å². The summed E-state index contributed by atoms with van der Waals surface area (Å²) >= 11 is 1.44. The van der Waals surface area contributed by atoms with Crippen LogP contribution in [0.4, 0.5) is 0 Å². The Labute approximate surface area is 141 Å². The van der Waals surface area contributed by atoms with Crippen LogP contribution in [-0.2, 0) is 26.4 Å². The number of nitrogens with one attached hydrogen (secondary N) is 1. The minimum absolute atomic E-state index is 0.280. The molecule has 0 bridgehead atoms. The summed E-state index contributed by atoms with van der Waals surface area (Å²) in [5, 5.41) is 9.37. The van der Waals surface area contributed by atoms with Crippen LogP contribution in [0.25, 0.3) is 10.2 Å². The van der Waals surface area contributed by atoms with Gasteiger partial charge in [-0.2, -0.15) is 0 Å². The fourth-order valence-electron chi connectivity index (χ4n) is 2.68. The monoisotopic (exact) mass is 347 g/mol. The van der Waals surface area contributed by atoms with Gasteiger partial charge in [0.15, 0.2) is 0 Å². The van der Waals surface area contributed by atoms with Gasteiger partial charge >= 0.3 is 5.97 Å². The van der Waals surface area contributed by atoms with Crippen molar-refractivity contribution in [1.29, 1.82) is 0 Å². The lowest BCUT2D eigenvalue weighted by atomic mass is 10.2. The van der Waals surface area contributed by atoms with Crippen LogP contribution in [0.2, 0.25) is 0 Å². The number of thiophene rings is 1. The maximum Gasteiger partial charge on any atom is 0.372 e. The standard InChI is InChI=1S/C10H8N2O3S.C5H9N3/c13-8-6-4-2-1-3-5(4)16-9(6)12-7(11-8)10(14)15;1-8-4-7-3-5(8)2-6/h1-3H2,(H,14,15)(H,11,12,13);3-4H,2,6H2,1H3. The average molecular weight is 347 g/mol. The first-order valence-corrected chi connectivity index (χ1v) is 8.26. The molecule has 1 aliphatic rings. The van der Waals surface area contributed by atoms with Crippen LogP contribution in [0.5, 0.6) is 0 Å². The van der Waals surface area contributed by atoms with Crippen molar-refractivity contribution in [3.8, 4) is 0 Å². The topological polar surface area (TPSA) is 127 Å². The van der Waals surface area contributed by atoms with Crippen LogP contribution in [0.1, 0.15) is 33.2 Å². The molecule has 8 nitrogen and oxygen atoms in total. The van der Waals surface area contributed by atoms with Crippen molar-refractivity contribution in [2.24, 2.45) is 12.8 Å². The van der Waals surface area contributed by atoms with Crippen molar-refractivity contribution in [2.45, 2.75) is 25.8 Å². The number of imidazole rings is 1. The van der Waals surface area contributed by atoms with E-state index in [9.17, 15) is 9.59 Å². The number of nitrogens with zero attached hydrogens (tertiary/aromatic N) is 3. The molecule has 3 aromatic rings. The Morgan fingerprint density at radius 1 is 1.50 bits per heavy atom. The summed E-state index contributed by atoms with van der Waals surface area (Å²) in [4.78, 5) is 34.4. The molecule has 0 radical (unpaired) electrons. The third kappa shape index (κ3) is 2.95. The van der Waals surface area contributed by atoms with Crippen molar-refractivity contribution in [3.63, 3.8) is 0 Å². The van der Waals surface area contributed by atoms with E-state index in [1.165, 1.54) is 16.2 Å². The zero-order valence-electron chi connectivity index (χ0n) is 13.1. The fourth-order valence-corrected chi connectivity index (χ4v) is 3.95. The van der Waals surface area contributed by atoms with Crippen LogP contribution in [0.3, 0.4) is 0 Å². The number of carboxylic acid groups (broad SMARTS) is 1. The second-order valence-electron chi connectivity index (χ2n) is 5.46. The summed E-state index contributed by atoms with van der Waals surface area (Å²) in [5.41, 5.74) is 7.12. The number of H-pyrrole nitrogens is 1. The number of aromatic amines is 1. The molecular weight excluding hydrogens is 330 g/mol. The lowest BCUT2D eigenvalue weighted by Gasteiger charge is -1.95. The molecule has 0 spiro atoms. The lowest BCUT2D eigenvalue weighted by molar-refractivity contribution is 0.0683. The van der Waals surface area contributed by atoms with E-state index < -0.39 is 5.97 Å². The Bertz CT molecular complexity index is 956. The van der Waals surface area contributed by atoms with Crippen LogP contribution in [0, 0.1) is 0 Å². The Balaban J connectivity index is 0.000000179. The Morgan fingerprint density at radius 2 is 2.29 bits per heavy atom. The molecule has 1 aliphatic carbocycles. The van der Waals surface area contributed by atoms with E-state index in [1.54, 1.807) is 12.5 Å². The van der Waals surface area contributed by atoms with E-state index in [0.717, 1.165) is 30.5 Å². The molecular formula is C15H17N5O3S. The number of carboxylic acids is 1. The van der Waals surface area contributed by atoms with Crippen molar-refractivity contribution >= 4 is 27.5 Å². The molecule has 126 valence electrons. The van der Waals surface area contributed by atoms with Gasteiger partial charge in [0.2, 0.25) is 5.82 Å². The highest BCUT2D eigenvalue weighted by atomic mass is 32.1. The molecule has 0 aromatic carbocycles. The first-order valence-electron chi connectivity index (χ1n) is 7.44. The first-order chi connectivity index (χ1) is 11.5. The summed E-state index contributed by atoms with van der Waals surface area (Å²) in [7, 11) is 1.93. The van der Waals surface area contributed by atoms with E-state index in [-0.39, 0.29) is 11.4 Å². The molecule has 24 heavy (non-hydrogen) atoms. The first kappa shape index (κ1) is 16.3. The number of hydrogen-bond donors (Lipinski definition) is 3. The highest BCUT2D eigenvalue weighted by Crippen LogP contribution is 2.34. The van der Waals surface area contributed by atoms with E-state index in [2.05, 4.69) is 15.0 Å². The van der Waals surface area contributed by atoms with Gasteiger partial charge in [-0.3, -0.25) is 4.79 Å². The van der Waals surface area contributed by atoms with Gasteiger partial charge < -0.3 is 20.4 Å². The molecule has 0 fully saturated rings. The molecule has 0 aliphatic heterocycles. The summed E-state index contributed by atoms with van der Waals surface area (Å²) in [5.74, 6) is -1.48. The highest BCUT2D eigenvalue weighted by molar-refractivity contribution is 7.18. The molecule has 4 N–H and O–H groups in total. The van der Waals surface area contributed by atoms with Crippen LogP contribution >= 0.6 is 11.3 Å². The van der Waals surface area contributed by atoms with Crippen LogP contribution < -0.4 is 11.3 Å². The summed E-state index contributed by atoms with van der Waals surface area (Å²) in [6.07, 6.45) is 6.43. The number of aromatic carboxylic acids is 1. The van der Waals surface area contributed by atoms with Crippen molar-refractivity contribution in [1.82, 2.24) is 19.5 Å². The Hall–Kier alpha value is -2.52. The molecule has 0 amide bonds. The molecule has 0 saturated carbocycles. The maximum absolute atomic E-state index is 11.8. The Morgan fingerprint density at radius 3 is 2.88 bits per heavy atom. The second kappa shape index (κ2) is 6.54. The summed E-state index contributed by atoms with van der Waals surface area (Å²) in [6, 6.07) is 0. The highest BCUT2D eigenvalue weighted by Gasteiger charge is 2.22. The summed E-state index contributed by atoms with van der Waals surface area (Å²) < 4.78 is 1.90. The van der Waals surface area contributed by atoms with E-state index in [0.29, 0.717) is 16.8 Å². The van der Waals surface area contributed by atoms with Crippen LogP contribution in [0.15, 0.2) is 17.3 Å². The van der Waals surface area contributed by atoms with Gasteiger partial charge in [-0.05, 0) is 24.8 Å². The van der Waals surface area contributed by atoms with E-state index in [1.807, 2.05) is 11.6 Å². The van der Waals surface area contributed by atoms with Gasteiger partial charge in [0, 0.05) is 24.7 Å². The molecule has 0 atom stereocenters. The van der Waals surface area contributed by atoms with Gasteiger partial charge in [0.05, 0.1) is 17.4 Å². The van der Waals surface area contributed by atoms with Gasteiger partial charge in [-0.1, -0.05) is 0 Å². The zero-order valence-corrected chi connectivity index (χ0v) is 13.9.